The van der Waals surface area contributed by atoms with Gasteiger partial charge >= 0.3 is 0 Å². The standard InChI is InChI=1S/C11H14F2N4O/c12-10(13)6-16-11(18)9-5-14-4-8(17-9)7-2-1-3-15-7/h4-5,7,10,15H,1-3,6H2,(H,16,18)/t7-/m0/s1. The van der Waals surface area contributed by atoms with Crippen molar-refractivity contribution in [2.75, 3.05) is 13.1 Å². The van der Waals surface area contributed by atoms with Gasteiger partial charge < -0.3 is 10.6 Å². The summed E-state index contributed by atoms with van der Waals surface area (Å²) in [7, 11) is 0. The number of hydrogen-bond acceptors (Lipinski definition) is 4. The third-order valence-electron chi connectivity index (χ3n) is 2.72. The van der Waals surface area contributed by atoms with E-state index in [0.717, 1.165) is 19.4 Å². The number of aromatic nitrogens is 2. The zero-order valence-electron chi connectivity index (χ0n) is 9.70. The van der Waals surface area contributed by atoms with Crippen molar-refractivity contribution >= 4 is 5.91 Å². The molecule has 0 aliphatic carbocycles. The molecular weight excluding hydrogens is 242 g/mol. The maximum Gasteiger partial charge on any atom is 0.271 e. The number of alkyl halides is 2. The Morgan fingerprint density at radius 3 is 3.06 bits per heavy atom. The Bertz CT molecular complexity index is 421. The highest BCUT2D eigenvalue weighted by atomic mass is 19.3. The highest BCUT2D eigenvalue weighted by Crippen LogP contribution is 2.20. The minimum atomic E-state index is -2.57. The fraction of sp³-hybridized carbons (Fsp3) is 0.545. The molecule has 7 heteroatoms. The first-order chi connectivity index (χ1) is 8.66. The molecule has 1 saturated heterocycles. The Morgan fingerprint density at radius 1 is 1.56 bits per heavy atom. The average Bonchev–Trinajstić information content (AvgIpc) is 2.90. The molecule has 1 aromatic rings. The molecule has 1 amide bonds. The molecule has 1 aliphatic heterocycles. The molecule has 1 aliphatic rings. The topological polar surface area (TPSA) is 66.9 Å². The van der Waals surface area contributed by atoms with Crippen LogP contribution in [0.1, 0.15) is 35.1 Å². The van der Waals surface area contributed by atoms with E-state index in [1.165, 1.54) is 6.20 Å². The molecule has 1 aromatic heterocycles. The third kappa shape index (κ3) is 3.19. The molecule has 0 saturated carbocycles. The fourth-order valence-corrected chi connectivity index (χ4v) is 1.86. The van der Waals surface area contributed by atoms with Crippen molar-refractivity contribution in [3.8, 4) is 0 Å². The molecule has 0 radical (unpaired) electrons. The van der Waals surface area contributed by atoms with Gasteiger partial charge in [-0.15, -0.1) is 0 Å². The van der Waals surface area contributed by atoms with E-state index in [1.807, 2.05) is 0 Å². The SMILES string of the molecule is O=C(NCC(F)F)c1cncc([C@@H]2CCCN2)n1. The lowest BCUT2D eigenvalue weighted by Crippen LogP contribution is -2.29. The van der Waals surface area contributed by atoms with Crippen LogP contribution in [-0.4, -0.2) is 35.4 Å². The zero-order valence-corrected chi connectivity index (χ0v) is 9.70. The second kappa shape index (κ2) is 5.81. The van der Waals surface area contributed by atoms with Gasteiger partial charge in [0.15, 0.2) is 0 Å². The van der Waals surface area contributed by atoms with Crippen molar-refractivity contribution in [2.45, 2.75) is 25.3 Å². The average molecular weight is 256 g/mol. The Kier molecular flexibility index (Phi) is 4.14. The first kappa shape index (κ1) is 12.8. The van der Waals surface area contributed by atoms with Gasteiger partial charge in [-0.3, -0.25) is 9.78 Å². The minimum absolute atomic E-state index is 0.0712. The van der Waals surface area contributed by atoms with E-state index in [0.29, 0.717) is 5.69 Å². The van der Waals surface area contributed by atoms with E-state index in [-0.39, 0.29) is 11.7 Å². The Morgan fingerprint density at radius 2 is 2.39 bits per heavy atom. The van der Waals surface area contributed by atoms with Crippen LogP contribution in [0.2, 0.25) is 0 Å². The molecule has 0 aromatic carbocycles. The quantitative estimate of drug-likeness (QED) is 0.839. The molecule has 2 N–H and O–H groups in total. The second-order valence-corrected chi connectivity index (χ2v) is 4.08. The van der Waals surface area contributed by atoms with Gasteiger partial charge in [-0.1, -0.05) is 0 Å². The number of nitrogens with zero attached hydrogens (tertiary/aromatic N) is 2. The van der Waals surface area contributed by atoms with Gasteiger partial charge in [0.2, 0.25) is 0 Å². The third-order valence-corrected chi connectivity index (χ3v) is 2.72. The lowest BCUT2D eigenvalue weighted by molar-refractivity contribution is 0.0886. The Labute approximate surface area is 103 Å². The minimum Gasteiger partial charge on any atom is -0.345 e. The summed E-state index contributed by atoms with van der Waals surface area (Å²) in [6, 6.07) is 0.0975. The predicted octanol–water partition coefficient (Wildman–Crippen LogP) is 0.896. The van der Waals surface area contributed by atoms with Crippen LogP contribution in [-0.2, 0) is 0 Å². The van der Waals surface area contributed by atoms with Gasteiger partial charge in [0, 0.05) is 0 Å². The summed E-state index contributed by atoms with van der Waals surface area (Å²) in [5.74, 6) is -0.623. The number of hydrogen-bond donors (Lipinski definition) is 2. The summed E-state index contributed by atoms with van der Waals surface area (Å²) in [6.07, 6.45) is 2.29. The van der Waals surface area contributed by atoms with Crippen LogP contribution < -0.4 is 10.6 Å². The highest BCUT2D eigenvalue weighted by molar-refractivity contribution is 5.91. The molecule has 2 heterocycles. The summed E-state index contributed by atoms with van der Waals surface area (Å²) in [6.45, 7) is 0.237. The van der Waals surface area contributed by atoms with E-state index in [9.17, 15) is 13.6 Å². The number of halogens is 2. The fourth-order valence-electron chi connectivity index (χ4n) is 1.86. The highest BCUT2D eigenvalue weighted by Gasteiger charge is 2.19. The van der Waals surface area contributed by atoms with Crippen LogP contribution in [0.4, 0.5) is 8.78 Å². The first-order valence-electron chi connectivity index (χ1n) is 5.78. The smallest absolute Gasteiger partial charge is 0.271 e. The zero-order chi connectivity index (χ0) is 13.0. The van der Waals surface area contributed by atoms with Gasteiger partial charge in [0.1, 0.15) is 5.69 Å². The van der Waals surface area contributed by atoms with Gasteiger partial charge in [-0.2, -0.15) is 0 Å². The maximum atomic E-state index is 12.0. The van der Waals surface area contributed by atoms with Gasteiger partial charge in [0.05, 0.1) is 30.7 Å². The van der Waals surface area contributed by atoms with Crippen LogP contribution in [0.5, 0.6) is 0 Å². The Hall–Kier alpha value is -1.63. The van der Waals surface area contributed by atoms with Crippen molar-refractivity contribution in [3.05, 3.63) is 23.8 Å². The van der Waals surface area contributed by atoms with Crippen molar-refractivity contribution in [1.29, 1.82) is 0 Å². The monoisotopic (exact) mass is 256 g/mol. The van der Waals surface area contributed by atoms with Crippen LogP contribution in [0.25, 0.3) is 0 Å². The van der Waals surface area contributed by atoms with Gasteiger partial charge in [-0.05, 0) is 19.4 Å². The summed E-state index contributed by atoms with van der Waals surface area (Å²) < 4.78 is 24.0. The maximum absolute atomic E-state index is 12.0. The van der Waals surface area contributed by atoms with Gasteiger partial charge in [0.25, 0.3) is 12.3 Å². The van der Waals surface area contributed by atoms with Crippen LogP contribution in [0.3, 0.4) is 0 Å². The van der Waals surface area contributed by atoms with Crippen molar-refractivity contribution in [1.82, 2.24) is 20.6 Å². The summed E-state index contributed by atoms with van der Waals surface area (Å²) in [4.78, 5) is 19.6. The van der Waals surface area contributed by atoms with E-state index >= 15 is 0 Å². The van der Waals surface area contributed by atoms with E-state index in [2.05, 4.69) is 20.6 Å². The second-order valence-electron chi connectivity index (χ2n) is 4.08. The van der Waals surface area contributed by atoms with E-state index in [1.54, 1.807) is 6.20 Å². The number of rotatable bonds is 4. The van der Waals surface area contributed by atoms with E-state index < -0.39 is 18.9 Å². The largest absolute Gasteiger partial charge is 0.345 e. The summed E-state index contributed by atoms with van der Waals surface area (Å²) >= 11 is 0. The van der Waals surface area contributed by atoms with Crippen LogP contribution >= 0.6 is 0 Å². The molecule has 5 nitrogen and oxygen atoms in total. The first-order valence-corrected chi connectivity index (χ1v) is 5.78. The van der Waals surface area contributed by atoms with Crippen molar-refractivity contribution in [3.63, 3.8) is 0 Å². The molecule has 0 unspecified atom stereocenters. The Balaban J connectivity index is 2.04. The van der Waals surface area contributed by atoms with Crippen molar-refractivity contribution < 1.29 is 13.6 Å². The van der Waals surface area contributed by atoms with Crippen LogP contribution in [0.15, 0.2) is 12.4 Å². The molecule has 1 atom stereocenters. The molecule has 0 bridgehead atoms. The van der Waals surface area contributed by atoms with Crippen LogP contribution in [0, 0.1) is 0 Å². The molecular formula is C11H14F2N4O. The number of amides is 1. The predicted molar refractivity (Wildman–Crippen MR) is 60.3 cm³/mol. The molecule has 1 fully saturated rings. The number of carbonyl (C=O) groups is 1. The lowest BCUT2D eigenvalue weighted by Gasteiger charge is -2.10. The molecule has 2 rings (SSSR count). The molecule has 98 valence electrons. The number of carbonyl (C=O) groups excluding carboxylic acids is 1. The van der Waals surface area contributed by atoms with Gasteiger partial charge in [-0.25, -0.2) is 13.8 Å². The molecule has 18 heavy (non-hydrogen) atoms. The molecule has 0 spiro atoms. The lowest BCUT2D eigenvalue weighted by atomic mass is 10.1. The van der Waals surface area contributed by atoms with Crippen molar-refractivity contribution in [2.24, 2.45) is 0 Å². The summed E-state index contributed by atoms with van der Waals surface area (Å²) in [5, 5.41) is 5.34. The van der Waals surface area contributed by atoms with E-state index in [4.69, 9.17) is 0 Å². The summed E-state index contributed by atoms with van der Waals surface area (Å²) in [5.41, 5.74) is 0.749. The normalized spacial score (nSPS) is 19.2. The number of nitrogens with one attached hydrogen (secondary N) is 2.